The number of halogens is 1. The SMILES string of the molecule is COS(=O)(=O)C1=C(C)Cc2ccc(F)cc21. The molecule has 0 fully saturated rings. The van der Waals surface area contributed by atoms with E-state index in [0.29, 0.717) is 17.6 Å². The van der Waals surface area contributed by atoms with E-state index in [1.807, 2.05) is 0 Å². The Morgan fingerprint density at radius 3 is 2.69 bits per heavy atom. The van der Waals surface area contributed by atoms with E-state index in [4.69, 9.17) is 0 Å². The molecule has 1 aliphatic rings. The molecule has 1 aliphatic carbocycles. The largest absolute Gasteiger partial charge is 0.297 e. The van der Waals surface area contributed by atoms with Gasteiger partial charge in [0.15, 0.2) is 0 Å². The minimum Gasteiger partial charge on any atom is -0.270 e. The maximum absolute atomic E-state index is 13.1. The highest BCUT2D eigenvalue weighted by molar-refractivity contribution is 7.96. The first-order valence-electron chi connectivity index (χ1n) is 4.75. The van der Waals surface area contributed by atoms with Crippen LogP contribution < -0.4 is 0 Å². The van der Waals surface area contributed by atoms with Crippen LogP contribution in [0.2, 0.25) is 0 Å². The van der Waals surface area contributed by atoms with E-state index in [0.717, 1.165) is 12.7 Å². The Morgan fingerprint density at radius 2 is 2.06 bits per heavy atom. The molecule has 0 aromatic heterocycles. The molecule has 0 aliphatic heterocycles. The summed E-state index contributed by atoms with van der Waals surface area (Å²) < 4.78 is 40.9. The van der Waals surface area contributed by atoms with Gasteiger partial charge >= 0.3 is 0 Å². The van der Waals surface area contributed by atoms with Crippen LogP contribution in [-0.4, -0.2) is 15.5 Å². The lowest BCUT2D eigenvalue weighted by atomic mass is 10.1. The normalized spacial score (nSPS) is 15.4. The first-order valence-corrected chi connectivity index (χ1v) is 6.15. The van der Waals surface area contributed by atoms with Crippen LogP contribution in [0.15, 0.2) is 23.8 Å². The summed E-state index contributed by atoms with van der Waals surface area (Å²) >= 11 is 0. The number of rotatable bonds is 2. The van der Waals surface area contributed by atoms with Crippen molar-refractivity contribution in [3.8, 4) is 0 Å². The monoisotopic (exact) mass is 242 g/mol. The van der Waals surface area contributed by atoms with Crippen LogP contribution in [0.3, 0.4) is 0 Å². The highest BCUT2D eigenvalue weighted by Crippen LogP contribution is 2.37. The molecule has 0 bridgehead atoms. The van der Waals surface area contributed by atoms with Crippen molar-refractivity contribution >= 4 is 15.0 Å². The summed E-state index contributed by atoms with van der Waals surface area (Å²) in [6, 6.07) is 4.17. The number of hydrogen-bond donors (Lipinski definition) is 0. The molecular formula is C11H11FO3S. The Balaban J connectivity index is 2.66. The van der Waals surface area contributed by atoms with E-state index in [2.05, 4.69) is 4.18 Å². The molecule has 16 heavy (non-hydrogen) atoms. The fourth-order valence-electron chi connectivity index (χ4n) is 1.94. The second-order valence-electron chi connectivity index (χ2n) is 3.71. The van der Waals surface area contributed by atoms with Crippen molar-refractivity contribution in [2.45, 2.75) is 13.3 Å². The van der Waals surface area contributed by atoms with Gasteiger partial charge in [-0.1, -0.05) is 6.07 Å². The Hall–Kier alpha value is -1.20. The highest BCUT2D eigenvalue weighted by atomic mass is 32.2. The van der Waals surface area contributed by atoms with Crippen LogP contribution in [0, 0.1) is 5.82 Å². The summed E-state index contributed by atoms with van der Waals surface area (Å²) in [4.78, 5) is 0.101. The van der Waals surface area contributed by atoms with Crippen molar-refractivity contribution in [3.05, 3.63) is 40.7 Å². The molecule has 0 unspecified atom stereocenters. The van der Waals surface area contributed by atoms with Crippen LogP contribution >= 0.6 is 0 Å². The zero-order valence-corrected chi connectivity index (χ0v) is 9.77. The van der Waals surface area contributed by atoms with E-state index in [9.17, 15) is 12.8 Å². The van der Waals surface area contributed by atoms with Crippen LogP contribution in [0.25, 0.3) is 4.91 Å². The molecule has 2 rings (SSSR count). The van der Waals surface area contributed by atoms with Crippen LogP contribution in [0.4, 0.5) is 4.39 Å². The topological polar surface area (TPSA) is 43.4 Å². The predicted molar refractivity (Wildman–Crippen MR) is 58.6 cm³/mol. The van der Waals surface area contributed by atoms with Gasteiger partial charge in [0, 0.05) is 5.56 Å². The van der Waals surface area contributed by atoms with Gasteiger partial charge in [0.25, 0.3) is 10.1 Å². The summed E-state index contributed by atoms with van der Waals surface area (Å²) in [5.41, 5.74) is 1.91. The summed E-state index contributed by atoms with van der Waals surface area (Å²) in [5.74, 6) is -0.447. The smallest absolute Gasteiger partial charge is 0.270 e. The molecule has 0 atom stereocenters. The third-order valence-corrected chi connectivity index (χ3v) is 4.14. The zero-order valence-electron chi connectivity index (χ0n) is 8.95. The van der Waals surface area contributed by atoms with Crippen LogP contribution in [0.5, 0.6) is 0 Å². The molecule has 0 radical (unpaired) electrons. The number of hydrogen-bond acceptors (Lipinski definition) is 3. The van der Waals surface area contributed by atoms with Crippen molar-refractivity contribution in [1.82, 2.24) is 0 Å². The molecule has 5 heteroatoms. The first-order chi connectivity index (χ1) is 7.45. The molecule has 3 nitrogen and oxygen atoms in total. The number of fused-ring (bicyclic) bond motifs is 1. The molecule has 0 saturated carbocycles. The zero-order chi connectivity index (χ0) is 11.9. The fourth-order valence-corrected chi connectivity index (χ4v) is 3.07. The van der Waals surface area contributed by atoms with Gasteiger partial charge in [0.1, 0.15) is 10.7 Å². The lowest BCUT2D eigenvalue weighted by Gasteiger charge is -2.06. The van der Waals surface area contributed by atoms with Gasteiger partial charge in [0.2, 0.25) is 0 Å². The third kappa shape index (κ3) is 1.66. The highest BCUT2D eigenvalue weighted by Gasteiger charge is 2.29. The predicted octanol–water partition coefficient (Wildman–Crippen LogP) is 2.09. The molecular weight excluding hydrogens is 231 g/mol. The van der Waals surface area contributed by atoms with Crippen LogP contribution in [-0.2, 0) is 20.7 Å². The summed E-state index contributed by atoms with van der Waals surface area (Å²) in [5, 5.41) is 0. The van der Waals surface area contributed by atoms with Gasteiger partial charge in [-0.05, 0) is 36.6 Å². The van der Waals surface area contributed by atoms with Crippen molar-refractivity contribution in [3.63, 3.8) is 0 Å². The van der Waals surface area contributed by atoms with Gasteiger partial charge in [-0.25, -0.2) is 4.39 Å². The lowest BCUT2D eigenvalue weighted by Crippen LogP contribution is -2.05. The summed E-state index contributed by atoms with van der Waals surface area (Å²) in [6.45, 7) is 1.71. The number of benzene rings is 1. The first kappa shape index (κ1) is 11.3. The van der Waals surface area contributed by atoms with Crippen molar-refractivity contribution in [2.75, 3.05) is 7.11 Å². The molecule has 0 amide bonds. The van der Waals surface area contributed by atoms with Crippen molar-refractivity contribution in [1.29, 1.82) is 0 Å². The van der Waals surface area contributed by atoms with Gasteiger partial charge in [-0.2, -0.15) is 8.42 Å². The van der Waals surface area contributed by atoms with Gasteiger partial charge in [-0.15, -0.1) is 0 Å². The van der Waals surface area contributed by atoms with E-state index in [1.165, 1.54) is 12.1 Å². The maximum atomic E-state index is 13.1. The van der Waals surface area contributed by atoms with E-state index >= 15 is 0 Å². The second kappa shape index (κ2) is 3.68. The minimum absolute atomic E-state index is 0.101. The molecule has 0 saturated heterocycles. The van der Waals surface area contributed by atoms with E-state index in [1.54, 1.807) is 13.0 Å². The Morgan fingerprint density at radius 1 is 1.38 bits per heavy atom. The number of allylic oxidation sites excluding steroid dienone is 1. The summed E-state index contributed by atoms with van der Waals surface area (Å²) in [7, 11) is -2.66. The standard InChI is InChI=1S/C11H11FO3S/c1-7-5-8-3-4-9(12)6-10(8)11(7)16(13,14)15-2/h3-4,6H,5H2,1-2H3. The Bertz CT molecular complexity index is 573. The quantitative estimate of drug-likeness (QED) is 0.746. The lowest BCUT2D eigenvalue weighted by molar-refractivity contribution is 0.408. The maximum Gasteiger partial charge on any atom is 0.297 e. The third-order valence-electron chi connectivity index (χ3n) is 2.63. The molecule has 0 heterocycles. The Labute approximate surface area is 93.7 Å². The molecule has 0 spiro atoms. The summed E-state index contributed by atoms with van der Waals surface area (Å²) in [6.07, 6.45) is 0.521. The molecule has 1 aromatic carbocycles. The average Bonchev–Trinajstić information content (AvgIpc) is 2.54. The van der Waals surface area contributed by atoms with Crippen molar-refractivity contribution in [2.24, 2.45) is 0 Å². The second-order valence-corrected chi connectivity index (χ2v) is 5.36. The van der Waals surface area contributed by atoms with Crippen LogP contribution in [0.1, 0.15) is 18.1 Å². The van der Waals surface area contributed by atoms with Gasteiger partial charge in [0.05, 0.1) is 7.11 Å². The minimum atomic E-state index is -3.76. The van der Waals surface area contributed by atoms with E-state index in [-0.39, 0.29) is 4.91 Å². The molecule has 86 valence electrons. The van der Waals surface area contributed by atoms with Crippen molar-refractivity contribution < 1.29 is 17.0 Å². The van der Waals surface area contributed by atoms with Gasteiger partial charge in [-0.3, -0.25) is 4.18 Å². The average molecular weight is 242 g/mol. The molecule has 1 aromatic rings. The van der Waals surface area contributed by atoms with E-state index < -0.39 is 15.9 Å². The fraction of sp³-hybridized carbons (Fsp3) is 0.273. The molecule has 0 N–H and O–H groups in total. The Kier molecular flexibility index (Phi) is 2.59. The van der Waals surface area contributed by atoms with Gasteiger partial charge < -0.3 is 0 Å².